The lowest BCUT2D eigenvalue weighted by Crippen LogP contribution is -2.24. The summed E-state index contributed by atoms with van der Waals surface area (Å²) in [5, 5.41) is 3.07. The number of anilines is 1. The van der Waals surface area contributed by atoms with Gasteiger partial charge >= 0.3 is 6.18 Å². The van der Waals surface area contributed by atoms with Crippen LogP contribution in [0.2, 0.25) is 0 Å². The van der Waals surface area contributed by atoms with Crippen molar-refractivity contribution in [3.63, 3.8) is 0 Å². The molecule has 0 saturated heterocycles. The minimum Gasteiger partial charge on any atom is -0.455 e. The number of benzene rings is 3. The lowest BCUT2D eigenvalue weighted by molar-refractivity contribution is -0.0884. The van der Waals surface area contributed by atoms with Crippen LogP contribution in [0.5, 0.6) is 0 Å². The molecular formula is C26H18F5NO3. The third-order valence-corrected chi connectivity index (χ3v) is 5.47. The molecule has 4 nitrogen and oxygen atoms in total. The maximum absolute atomic E-state index is 14.4. The number of halogens is 5. The second-order valence-electron chi connectivity index (χ2n) is 8.07. The molecule has 9 heteroatoms. The first-order valence-corrected chi connectivity index (χ1v) is 10.5. The van der Waals surface area contributed by atoms with E-state index in [9.17, 15) is 31.5 Å². The van der Waals surface area contributed by atoms with Crippen LogP contribution in [0.25, 0.3) is 22.3 Å². The van der Waals surface area contributed by atoms with Crippen molar-refractivity contribution >= 4 is 22.4 Å². The van der Waals surface area contributed by atoms with Gasteiger partial charge in [-0.25, -0.2) is 8.78 Å². The van der Waals surface area contributed by atoms with Gasteiger partial charge in [0, 0.05) is 23.4 Å². The van der Waals surface area contributed by atoms with E-state index in [1.165, 1.54) is 18.2 Å². The van der Waals surface area contributed by atoms with E-state index in [-0.39, 0.29) is 28.0 Å². The van der Waals surface area contributed by atoms with Crippen LogP contribution >= 0.6 is 0 Å². The van der Waals surface area contributed by atoms with Gasteiger partial charge in [0.15, 0.2) is 5.43 Å². The molecule has 0 saturated carbocycles. The highest BCUT2D eigenvalue weighted by Crippen LogP contribution is 2.33. The molecule has 1 atom stereocenters. The summed E-state index contributed by atoms with van der Waals surface area (Å²) in [5.74, 6) is -3.85. The zero-order chi connectivity index (χ0) is 25.5. The number of carbonyl (C=O) groups excluding carboxylic acids is 1. The van der Waals surface area contributed by atoms with E-state index in [1.807, 2.05) is 0 Å². The molecule has 0 aliphatic rings. The smallest absolute Gasteiger partial charge is 0.454 e. The molecule has 1 aromatic heterocycles. The Kier molecular flexibility index (Phi) is 6.19. The molecule has 0 amide bonds. The van der Waals surface area contributed by atoms with Gasteiger partial charge in [-0.3, -0.25) is 9.59 Å². The Morgan fingerprint density at radius 3 is 2.40 bits per heavy atom. The lowest BCUT2D eigenvalue weighted by Gasteiger charge is -2.20. The third-order valence-electron chi connectivity index (χ3n) is 5.47. The number of para-hydroxylation sites is 1. The molecule has 0 unspecified atom stereocenters. The number of nitrogens with one attached hydrogen (secondary N) is 1. The molecule has 35 heavy (non-hydrogen) atoms. The number of carbonyl (C=O) groups is 1. The Balaban J connectivity index is 1.83. The minimum atomic E-state index is -5.06. The number of fused-ring (bicyclic) bond motifs is 1. The molecule has 0 aliphatic carbocycles. The van der Waals surface area contributed by atoms with Crippen LogP contribution < -0.4 is 10.7 Å². The molecule has 180 valence electrons. The fourth-order valence-electron chi connectivity index (χ4n) is 3.85. The number of hydrogen-bond acceptors (Lipinski definition) is 4. The highest BCUT2D eigenvalue weighted by molar-refractivity contribution is 6.04. The third kappa shape index (κ3) is 4.80. The predicted octanol–water partition coefficient (Wildman–Crippen LogP) is 6.96. The van der Waals surface area contributed by atoms with Crippen LogP contribution in [-0.2, 0) is 0 Å². The highest BCUT2D eigenvalue weighted by atomic mass is 19.4. The molecule has 0 aliphatic heterocycles. The van der Waals surface area contributed by atoms with Gasteiger partial charge in [0.05, 0.1) is 22.6 Å². The molecule has 3 aromatic carbocycles. The summed E-state index contributed by atoms with van der Waals surface area (Å²) in [6.45, 7) is 3.35. The number of hydrogen-bond donors (Lipinski definition) is 1. The van der Waals surface area contributed by atoms with E-state index in [0.29, 0.717) is 17.2 Å². The summed E-state index contributed by atoms with van der Waals surface area (Å²) in [6.07, 6.45) is -5.06. The monoisotopic (exact) mass is 487 g/mol. The molecular weight excluding hydrogens is 469 g/mol. The molecule has 4 rings (SSSR count). The maximum Gasteiger partial charge on any atom is 0.454 e. The van der Waals surface area contributed by atoms with Crippen molar-refractivity contribution in [3.05, 3.63) is 99.2 Å². The van der Waals surface area contributed by atoms with Crippen molar-refractivity contribution in [2.45, 2.75) is 26.1 Å². The quantitative estimate of drug-likeness (QED) is 0.244. The van der Waals surface area contributed by atoms with Crippen molar-refractivity contribution in [1.29, 1.82) is 0 Å². The summed E-state index contributed by atoms with van der Waals surface area (Å²) >= 11 is 0. The molecule has 0 radical (unpaired) electrons. The zero-order valence-corrected chi connectivity index (χ0v) is 18.5. The van der Waals surface area contributed by atoms with Gasteiger partial charge in [0.2, 0.25) is 0 Å². The summed E-state index contributed by atoms with van der Waals surface area (Å²) < 4.78 is 72.8. The zero-order valence-electron chi connectivity index (χ0n) is 18.5. The Labute approximate surface area is 196 Å². The second-order valence-corrected chi connectivity index (χ2v) is 8.07. The van der Waals surface area contributed by atoms with E-state index in [2.05, 4.69) is 5.32 Å². The Bertz CT molecular complexity index is 1510. The minimum absolute atomic E-state index is 0.0555. The van der Waals surface area contributed by atoms with Gasteiger partial charge in [-0.05, 0) is 49.7 Å². The first-order valence-electron chi connectivity index (χ1n) is 10.5. The summed E-state index contributed by atoms with van der Waals surface area (Å²) in [4.78, 5) is 24.7. The molecule has 0 bridgehead atoms. The maximum atomic E-state index is 14.4. The summed E-state index contributed by atoms with van der Waals surface area (Å²) in [7, 11) is 0. The van der Waals surface area contributed by atoms with Crippen molar-refractivity contribution in [2.24, 2.45) is 0 Å². The second kappa shape index (κ2) is 8.98. The SMILES string of the molecule is Cc1cc([C@@H](C)Nc2ccccc2C(=O)C(F)(F)F)c2oc(-c3ccc(F)cc3F)cc(=O)c2c1. The average Bonchev–Trinajstić information content (AvgIpc) is 2.78. The van der Waals surface area contributed by atoms with Gasteiger partial charge in [0.1, 0.15) is 23.0 Å². The van der Waals surface area contributed by atoms with Crippen molar-refractivity contribution in [2.75, 3.05) is 5.32 Å². The van der Waals surface area contributed by atoms with Crippen LogP contribution in [-0.4, -0.2) is 12.0 Å². The number of ketones is 1. The molecule has 0 spiro atoms. The molecule has 1 N–H and O–H groups in total. The summed E-state index contributed by atoms with van der Waals surface area (Å²) in [5.41, 5.74) is -0.0566. The van der Waals surface area contributed by atoms with Crippen molar-refractivity contribution in [3.8, 4) is 11.3 Å². The van der Waals surface area contributed by atoms with Crippen LogP contribution in [0.4, 0.5) is 27.6 Å². The van der Waals surface area contributed by atoms with Gasteiger partial charge in [-0.2, -0.15) is 13.2 Å². The molecule has 1 heterocycles. The van der Waals surface area contributed by atoms with E-state index in [0.717, 1.165) is 24.3 Å². The normalized spacial score (nSPS) is 12.5. The fourth-order valence-corrected chi connectivity index (χ4v) is 3.85. The van der Waals surface area contributed by atoms with Gasteiger partial charge in [-0.15, -0.1) is 0 Å². The Hall–Kier alpha value is -4.01. The standard InChI is InChI=1S/C26H18F5NO3/c1-13-9-18(14(2)32-21-6-4-3-5-17(21)25(34)26(29,30)31)24-19(10-13)22(33)12-23(35-24)16-8-7-15(27)11-20(16)28/h3-12,14,32H,1-2H3/t14-/m1/s1. The Morgan fingerprint density at radius 1 is 1.00 bits per heavy atom. The van der Waals surface area contributed by atoms with Gasteiger partial charge in [0.25, 0.3) is 5.78 Å². The van der Waals surface area contributed by atoms with E-state index >= 15 is 0 Å². The van der Waals surface area contributed by atoms with Gasteiger partial charge in [-0.1, -0.05) is 18.2 Å². The summed E-state index contributed by atoms with van der Waals surface area (Å²) in [6, 6.07) is 11.6. The van der Waals surface area contributed by atoms with Crippen LogP contribution in [0.3, 0.4) is 0 Å². The van der Waals surface area contributed by atoms with E-state index in [4.69, 9.17) is 4.42 Å². The van der Waals surface area contributed by atoms with Crippen LogP contribution in [0.15, 0.2) is 69.9 Å². The van der Waals surface area contributed by atoms with Crippen molar-refractivity contribution in [1.82, 2.24) is 0 Å². The van der Waals surface area contributed by atoms with Crippen LogP contribution in [0.1, 0.15) is 34.5 Å². The largest absolute Gasteiger partial charge is 0.455 e. The average molecular weight is 487 g/mol. The van der Waals surface area contributed by atoms with Crippen LogP contribution in [0, 0.1) is 18.6 Å². The predicted molar refractivity (Wildman–Crippen MR) is 121 cm³/mol. The molecule has 0 fully saturated rings. The molecule has 4 aromatic rings. The van der Waals surface area contributed by atoms with Crippen molar-refractivity contribution < 1.29 is 31.2 Å². The lowest BCUT2D eigenvalue weighted by atomic mass is 9.99. The van der Waals surface area contributed by atoms with E-state index in [1.54, 1.807) is 26.0 Å². The first kappa shape index (κ1) is 24.1. The topological polar surface area (TPSA) is 59.3 Å². The van der Waals surface area contributed by atoms with Gasteiger partial charge < -0.3 is 9.73 Å². The number of alkyl halides is 3. The highest BCUT2D eigenvalue weighted by Gasteiger charge is 2.40. The number of Topliss-reactive ketones (excluding diaryl/α,β-unsaturated/α-hetero) is 1. The fraction of sp³-hybridized carbons (Fsp3) is 0.154. The number of aryl methyl sites for hydroxylation is 1. The van der Waals surface area contributed by atoms with E-state index < -0.39 is 40.6 Å². The Morgan fingerprint density at radius 2 is 1.71 bits per heavy atom. The first-order chi connectivity index (χ1) is 16.5. The number of rotatable bonds is 5.